The first-order chi connectivity index (χ1) is 13.0. The molecule has 0 radical (unpaired) electrons. The molecule has 0 saturated heterocycles. The number of aromatic nitrogens is 4. The van der Waals surface area contributed by atoms with E-state index >= 15 is 0 Å². The van der Waals surface area contributed by atoms with Gasteiger partial charge in [-0.2, -0.15) is 0 Å². The van der Waals surface area contributed by atoms with E-state index in [4.69, 9.17) is 0 Å². The van der Waals surface area contributed by atoms with Gasteiger partial charge in [0.2, 0.25) is 0 Å². The van der Waals surface area contributed by atoms with Gasteiger partial charge in [-0.15, -0.1) is 10.2 Å². The van der Waals surface area contributed by atoms with Gasteiger partial charge in [-0.1, -0.05) is 42.1 Å². The molecule has 4 rings (SSSR count). The van der Waals surface area contributed by atoms with Crippen molar-refractivity contribution in [2.75, 3.05) is 5.75 Å². The summed E-state index contributed by atoms with van der Waals surface area (Å²) in [6.45, 7) is 6.86. The lowest BCUT2D eigenvalue weighted by molar-refractivity contribution is 0.102. The monoisotopic (exact) mass is 380 g/mol. The molecule has 0 amide bonds. The molecule has 1 aliphatic carbocycles. The number of thioether (sulfide) groups is 1. The van der Waals surface area contributed by atoms with Gasteiger partial charge in [-0.3, -0.25) is 4.79 Å². The van der Waals surface area contributed by atoms with E-state index in [0.29, 0.717) is 11.8 Å². The van der Waals surface area contributed by atoms with Crippen LogP contribution in [0.4, 0.5) is 0 Å². The van der Waals surface area contributed by atoms with Gasteiger partial charge in [-0.25, -0.2) is 0 Å². The molecule has 2 heterocycles. The Labute approximate surface area is 163 Å². The predicted octanol–water partition coefficient (Wildman–Crippen LogP) is 4.36. The zero-order chi connectivity index (χ0) is 19.0. The molecule has 1 aromatic carbocycles. The molecule has 0 aliphatic heterocycles. The zero-order valence-electron chi connectivity index (χ0n) is 16.0. The van der Waals surface area contributed by atoms with Crippen molar-refractivity contribution < 1.29 is 4.79 Å². The third-order valence-corrected chi connectivity index (χ3v) is 6.08. The highest BCUT2D eigenvalue weighted by atomic mass is 32.2. The number of rotatable bonds is 7. The van der Waals surface area contributed by atoms with Gasteiger partial charge in [-0.05, 0) is 45.2 Å². The smallest absolute Gasteiger partial charge is 0.191 e. The molecule has 27 heavy (non-hydrogen) atoms. The Morgan fingerprint density at radius 1 is 1.15 bits per heavy atom. The Morgan fingerprint density at radius 3 is 2.59 bits per heavy atom. The minimum Gasteiger partial charge on any atom is -0.344 e. The average Bonchev–Trinajstić information content (AvgIpc) is 3.38. The number of nitrogens with zero attached hydrogens (tertiary/aromatic N) is 4. The third-order valence-electron chi connectivity index (χ3n) is 5.14. The van der Waals surface area contributed by atoms with Gasteiger partial charge in [0.25, 0.3) is 0 Å². The lowest BCUT2D eigenvalue weighted by Crippen LogP contribution is -2.08. The van der Waals surface area contributed by atoms with E-state index in [1.807, 2.05) is 38.1 Å². The Balaban J connectivity index is 1.49. The molecule has 0 atom stereocenters. The molecule has 2 aromatic heterocycles. The molecule has 6 heteroatoms. The van der Waals surface area contributed by atoms with Crippen LogP contribution in [0.15, 0.2) is 41.6 Å². The van der Waals surface area contributed by atoms with Crippen molar-refractivity contribution in [3.8, 4) is 0 Å². The summed E-state index contributed by atoms with van der Waals surface area (Å²) in [5.74, 6) is 1.48. The Bertz CT molecular complexity index is 970. The highest BCUT2D eigenvalue weighted by Gasteiger charge is 2.28. The van der Waals surface area contributed by atoms with Gasteiger partial charge in [0.05, 0.1) is 5.75 Å². The first kappa shape index (κ1) is 18.0. The van der Waals surface area contributed by atoms with E-state index in [-0.39, 0.29) is 5.78 Å². The van der Waals surface area contributed by atoms with Crippen LogP contribution in [0.2, 0.25) is 0 Å². The van der Waals surface area contributed by atoms with Crippen LogP contribution in [-0.2, 0) is 6.54 Å². The van der Waals surface area contributed by atoms with Crippen molar-refractivity contribution in [2.45, 2.75) is 51.4 Å². The van der Waals surface area contributed by atoms with Crippen LogP contribution in [-0.4, -0.2) is 30.9 Å². The van der Waals surface area contributed by atoms with Gasteiger partial charge in [0, 0.05) is 29.5 Å². The standard InChI is InChI=1S/C21H24N4OS/c1-14-11-19(15(2)24(14)12-17-7-5-4-6-8-17)20(26)13-27-21-23-22-16(3)25(21)18-9-10-18/h4-8,11,18H,9-10,12-13H2,1-3H3. The van der Waals surface area contributed by atoms with Gasteiger partial charge in [0.15, 0.2) is 10.9 Å². The average molecular weight is 381 g/mol. The molecule has 5 nitrogen and oxygen atoms in total. The maximum absolute atomic E-state index is 12.9. The molecule has 1 saturated carbocycles. The summed E-state index contributed by atoms with van der Waals surface area (Å²) in [5.41, 5.74) is 4.19. The molecule has 3 aromatic rings. The maximum atomic E-state index is 12.9. The zero-order valence-corrected chi connectivity index (χ0v) is 16.8. The summed E-state index contributed by atoms with van der Waals surface area (Å²) in [4.78, 5) is 12.9. The first-order valence-corrected chi connectivity index (χ1v) is 10.3. The molecule has 0 unspecified atom stereocenters. The summed E-state index contributed by atoms with van der Waals surface area (Å²) in [5, 5.41) is 9.31. The third kappa shape index (κ3) is 3.72. The number of hydrogen-bond donors (Lipinski definition) is 0. The molecule has 140 valence electrons. The number of carbonyl (C=O) groups is 1. The van der Waals surface area contributed by atoms with Crippen LogP contribution in [0.25, 0.3) is 0 Å². The Kier molecular flexibility index (Phi) is 4.91. The number of ketones is 1. The van der Waals surface area contributed by atoms with Crippen LogP contribution >= 0.6 is 11.8 Å². The molecule has 0 spiro atoms. The normalized spacial score (nSPS) is 13.9. The van der Waals surface area contributed by atoms with Crippen molar-refractivity contribution in [2.24, 2.45) is 0 Å². The van der Waals surface area contributed by atoms with E-state index in [1.54, 1.807) is 0 Å². The van der Waals surface area contributed by atoms with Crippen molar-refractivity contribution in [3.05, 3.63) is 64.7 Å². The van der Waals surface area contributed by atoms with Crippen LogP contribution in [0, 0.1) is 20.8 Å². The predicted molar refractivity (Wildman–Crippen MR) is 108 cm³/mol. The molecule has 1 aliphatic rings. The maximum Gasteiger partial charge on any atom is 0.191 e. The lowest BCUT2D eigenvalue weighted by Gasteiger charge is -2.10. The second-order valence-corrected chi connectivity index (χ2v) is 8.14. The summed E-state index contributed by atoms with van der Waals surface area (Å²) < 4.78 is 4.39. The Morgan fingerprint density at radius 2 is 1.89 bits per heavy atom. The number of benzene rings is 1. The highest BCUT2D eigenvalue weighted by molar-refractivity contribution is 7.99. The largest absolute Gasteiger partial charge is 0.344 e. The number of Topliss-reactive ketones (excluding diaryl/α,β-unsaturated/α-hetero) is 1. The topological polar surface area (TPSA) is 52.7 Å². The molecule has 1 fully saturated rings. The minimum absolute atomic E-state index is 0.149. The van der Waals surface area contributed by atoms with E-state index in [9.17, 15) is 4.79 Å². The fourth-order valence-electron chi connectivity index (χ4n) is 3.50. The summed E-state index contributed by atoms with van der Waals surface area (Å²) in [6, 6.07) is 12.9. The van der Waals surface area contributed by atoms with Crippen LogP contribution in [0.1, 0.15) is 52.0 Å². The number of carbonyl (C=O) groups excluding carboxylic acids is 1. The number of hydrogen-bond acceptors (Lipinski definition) is 4. The molecule has 0 bridgehead atoms. The highest BCUT2D eigenvalue weighted by Crippen LogP contribution is 2.38. The van der Waals surface area contributed by atoms with E-state index in [2.05, 4.69) is 38.4 Å². The summed E-state index contributed by atoms with van der Waals surface area (Å²) in [7, 11) is 0. The fraction of sp³-hybridized carbons (Fsp3) is 0.381. The first-order valence-electron chi connectivity index (χ1n) is 9.32. The van der Waals surface area contributed by atoms with E-state index < -0.39 is 0 Å². The quantitative estimate of drug-likeness (QED) is 0.451. The van der Waals surface area contributed by atoms with Crippen molar-refractivity contribution in [1.82, 2.24) is 19.3 Å². The van der Waals surface area contributed by atoms with Crippen molar-refractivity contribution in [1.29, 1.82) is 0 Å². The SMILES string of the molecule is Cc1cc(C(=O)CSc2nnc(C)n2C2CC2)c(C)n1Cc1ccccc1. The number of aryl methyl sites for hydroxylation is 2. The molecular formula is C21H24N4OS. The second-order valence-electron chi connectivity index (χ2n) is 7.20. The summed E-state index contributed by atoms with van der Waals surface area (Å²) in [6.07, 6.45) is 2.36. The van der Waals surface area contributed by atoms with Gasteiger partial charge < -0.3 is 9.13 Å². The van der Waals surface area contributed by atoms with Crippen LogP contribution in [0.5, 0.6) is 0 Å². The van der Waals surface area contributed by atoms with Crippen molar-refractivity contribution >= 4 is 17.5 Å². The fourth-order valence-corrected chi connectivity index (χ4v) is 4.44. The van der Waals surface area contributed by atoms with Crippen LogP contribution in [0.3, 0.4) is 0 Å². The van der Waals surface area contributed by atoms with E-state index in [1.165, 1.54) is 30.2 Å². The minimum atomic E-state index is 0.149. The second kappa shape index (κ2) is 7.35. The molecule has 0 N–H and O–H groups in total. The summed E-state index contributed by atoms with van der Waals surface area (Å²) >= 11 is 1.50. The van der Waals surface area contributed by atoms with E-state index in [0.717, 1.165) is 34.5 Å². The molecular weight excluding hydrogens is 356 g/mol. The van der Waals surface area contributed by atoms with Gasteiger partial charge >= 0.3 is 0 Å². The van der Waals surface area contributed by atoms with Gasteiger partial charge in [0.1, 0.15) is 5.82 Å². The van der Waals surface area contributed by atoms with Crippen LogP contribution < -0.4 is 0 Å². The lowest BCUT2D eigenvalue weighted by atomic mass is 10.2. The van der Waals surface area contributed by atoms with Crippen molar-refractivity contribution in [3.63, 3.8) is 0 Å². The Hall–Kier alpha value is -2.34.